The Morgan fingerprint density at radius 1 is 1.18 bits per heavy atom. The molecule has 122 valence electrons. The van der Waals surface area contributed by atoms with Crippen molar-refractivity contribution in [2.24, 2.45) is 0 Å². The standard InChI is InChI=1S/C18H28N2O2/c1-14-9-10-15(13-17(14)22-2)18(21)20-12-11-19-16-7-5-3-4-6-8-16/h9-10,13,16,19H,3-8,11-12H2,1-2H3,(H,20,21). The van der Waals surface area contributed by atoms with E-state index in [-0.39, 0.29) is 5.91 Å². The SMILES string of the molecule is COc1cc(C(=O)NCCNC2CCCCCC2)ccc1C. The van der Waals surface area contributed by atoms with Gasteiger partial charge in [-0.25, -0.2) is 0 Å². The van der Waals surface area contributed by atoms with Gasteiger partial charge in [-0.3, -0.25) is 4.79 Å². The third kappa shape index (κ3) is 5.02. The summed E-state index contributed by atoms with van der Waals surface area (Å²) in [6, 6.07) is 6.17. The Morgan fingerprint density at radius 3 is 2.59 bits per heavy atom. The first kappa shape index (κ1) is 16.8. The summed E-state index contributed by atoms with van der Waals surface area (Å²) in [4.78, 5) is 12.1. The fraction of sp³-hybridized carbons (Fsp3) is 0.611. The third-order valence-corrected chi connectivity index (χ3v) is 4.37. The molecule has 1 saturated carbocycles. The van der Waals surface area contributed by atoms with Crippen molar-refractivity contribution in [3.05, 3.63) is 29.3 Å². The number of methoxy groups -OCH3 is 1. The monoisotopic (exact) mass is 304 g/mol. The number of aryl methyl sites for hydroxylation is 1. The molecule has 0 radical (unpaired) electrons. The molecule has 4 heteroatoms. The van der Waals surface area contributed by atoms with Crippen LogP contribution in [-0.2, 0) is 0 Å². The number of benzene rings is 1. The molecule has 0 unspecified atom stereocenters. The van der Waals surface area contributed by atoms with Crippen molar-refractivity contribution in [3.63, 3.8) is 0 Å². The number of hydrogen-bond acceptors (Lipinski definition) is 3. The summed E-state index contributed by atoms with van der Waals surface area (Å²) in [5, 5.41) is 6.53. The first-order chi connectivity index (χ1) is 10.7. The summed E-state index contributed by atoms with van der Waals surface area (Å²) < 4.78 is 5.26. The maximum absolute atomic E-state index is 12.1. The highest BCUT2D eigenvalue weighted by Crippen LogP contribution is 2.19. The van der Waals surface area contributed by atoms with Gasteiger partial charge in [0.05, 0.1) is 7.11 Å². The van der Waals surface area contributed by atoms with Crippen LogP contribution in [0.1, 0.15) is 54.4 Å². The molecule has 0 heterocycles. The van der Waals surface area contributed by atoms with E-state index >= 15 is 0 Å². The van der Waals surface area contributed by atoms with Gasteiger partial charge in [0, 0.05) is 24.7 Å². The average Bonchev–Trinajstić information content (AvgIpc) is 2.80. The second-order valence-electron chi connectivity index (χ2n) is 6.08. The van der Waals surface area contributed by atoms with Crippen molar-refractivity contribution in [2.75, 3.05) is 20.2 Å². The topological polar surface area (TPSA) is 50.4 Å². The van der Waals surface area contributed by atoms with Gasteiger partial charge in [0.15, 0.2) is 0 Å². The summed E-state index contributed by atoms with van der Waals surface area (Å²) in [6.45, 7) is 3.46. The van der Waals surface area contributed by atoms with Crippen LogP contribution in [0.25, 0.3) is 0 Å². The third-order valence-electron chi connectivity index (χ3n) is 4.37. The summed E-state index contributed by atoms with van der Waals surface area (Å²) >= 11 is 0. The van der Waals surface area contributed by atoms with Crippen LogP contribution in [0.5, 0.6) is 5.75 Å². The van der Waals surface area contributed by atoms with Gasteiger partial charge in [0.25, 0.3) is 5.91 Å². The lowest BCUT2D eigenvalue weighted by molar-refractivity contribution is 0.0953. The maximum Gasteiger partial charge on any atom is 0.251 e. The van der Waals surface area contributed by atoms with E-state index in [1.54, 1.807) is 13.2 Å². The van der Waals surface area contributed by atoms with Crippen LogP contribution in [0, 0.1) is 6.92 Å². The second kappa shape index (κ2) is 8.79. The Morgan fingerprint density at radius 2 is 1.91 bits per heavy atom. The highest BCUT2D eigenvalue weighted by molar-refractivity contribution is 5.94. The predicted octanol–water partition coefficient (Wildman–Crippen LogP) is 3.05. The van der Waals surface area contributed by atoms with Gasteiger partial charge >= 0.3 is 0 Å². The largest absolute Gasteiger partial charge is 0.496 e. The molecule has 22 heavy (non-hydrogen) atoms. The second-order valence-corrected chi connectivity index (χ2v) is 6.08. The molecule has 0 aromatic heterocycles. The first-order valence-corrected chi connectivity index (χ1v) is 8.37. The van der Waals surface area contributed by atoms with Crippen LogP contribution in [0.2, 0.25) is 0 Å². The van der Waals surface area contributed by atoms with Gasteiger partial charge in [0.2, 0.25) is 0 Å². The number of hydrogen-bond donors (Lipinski definition) is 2. The first-order valence-electron chi connectivity index (χ1n) is 8.37. The Bertz CT molecular complexity index is 480. The minimum atomic E-state index is -0.0408. The van der Waals surface area contributed by atoms with E-state index in [4.69, 9.17) is 4.74 Å². The lowest BCUT2D eigenvalue weighted by Crippen LogP contribution is -2.36. The van der Waals surface area contributed by atoms with Crippen LogP contribution < -0.4 is 15.4 Å². The van der Waals surface area contributed by atoms with Crippen molar-refractivity contribution in [3.8, 4) is 5.75 Å². The maximum atomic E-state index is 12.1. The number of ether oxygens (including phenoxy) is 1. The number of amides is 1. The quantitative estimate of drug-likeness (QED) is 0.627. The molecule has 1 fully saturated rings. The summed E-state index contributed by atoms with van der Waals surface area (Å²) in [5.74, 6) is 0.713. The molecular weight excluding hydrogens is 276 g/mol. The number of carbonyl (C=O) groups excluding carboxylic acids is 1. The van der Waals surface area contributed by atoms with Gasteiger partial charge in [-0.15, -0.1) is 0 Å². The number of rotatable bonds is 6. The molecule has 2 N–H and O–H groups in total. The van der Waals surface area contributed by atoms with Crippen LogP contribution in [0.15, 0.2) is 18.2 Å². The molecule has 1 aliphatic carbocycles. The van der Waals surface area contributed by atoms with Crippen molar-refractivity contribution < 1.29 is 9.53 Å². The minimum absolute atomic E-state index is 0.0408. The molecule has 0 spiro atoms. The van der Waals surface area contributed by atoms with E-state index in [0.29, 0.717) is 18.2 Å². The highest BCUT2D eigenvalue weighted by Gasteiger charge is 2.11. The van der Waals surface area contributed by atoms with E-state index in [2.05, 4.69) is 10.6 Å². The molecule has 0 saturated heterocycles. The van der Waals surface area contributed by atoms with Gasteiger partial charge < -0.3 is 15.4 Å². The van der Waals surface area contributed by atoms with Crippen LogP contribution >= 0.6 is 0 Å². The normalized spacial score (nSPS) is 16.1. The van der Waals surface area contributed by atoms with Crippen molar-refractivity contribution >= 4 is 5.91 Å². The Labute approximate surface area is 133 Å². The number of carbonyl (C=O) groups is 1. The predicted molar refractivity (Wildman–Crippen MR) is 89.6 cm³/mol. The van der Waals surface area contributed by atoms with E-state index in [1.165, 1.54) is 38.5 Å². The Hall–Kier alpha value is -1.55. The fourth-order valence-corrected chi connectivity index (χ4v) is 3.00. The number of nitrogens with one attached hydrogen (secondary N) is 2. The zero-order chi connectivity index (χ0) is 15.8. The Balaban J connectivity index is 1.73. The van der Waals surface area contributed by atoms with Crippen LogP contribution in [0.4, 0.5) is 0 Å². The lowest BCUT2D eigenvalue weighted by Gasteiger charge is -2.16. The molecule has 0 aliphatic heterocycles. The van der Waals surface area contributed by atoms with E-state index in [0.717, 1.165) is 17.9 Å². The van der Waals surface area contributed by atoms with Crippen LogP contribution in [-0.4, -0.2) is 32.1 Å². The summed E-state index contributed by atoms with van der Waals surface area (Å²) in [7, 11) is 1.63. The lowest BCUT2D eigenvalue weighted by atomic mass is 10.1. The van der Waals surface area contributed by atoms with E-state index < -0.39 is 0 Å². The van der Waals surface area contributed by atoms with Gasteiger partial charge in [-0.2, -0.15) is 0 Å². The molecule has 2 rings (SSSR count). The van der Waals surface area contributed by atoms with E-state index in [1.807, 2.05) is 19.1 Å². The molecule has 1 aliphatic rings. The highest BCUT2D eigenvalue weighted by atomic mass is 16.5. The zero-order valence-electron chi connectivity index (χ0n) is 13.8. The summed E-state index contributed by atoms with van der Waals surface area (Å²) in [6.07, 6.45) is 7.92. The molecule has 0 bridgehead atoms. The fourth-order valence-electron chi connectivity index (χ4n) is 3.00. The molecule has 1 amide bonds. The smallest absolute Gasteiger partial charge is 0.251 e. The average molecular weight is 304 g/mol. The molecule has 0 atom stereocenters. The van der Waals surface area contributed by atoms with Crippen molar-refractivity contribution in [2.45, 2.75) is 51.5 Å². The zero-order valence-corrected chi connectivity index (χ0v) is 13.8. The van der Waals surface area contributed by atoms with E-state index in [9.17, 15) is 4.79 Å². The molecule has 1 aromatic carbocycles. The van der Waals surface area contributed by atoms with Crippen molar-refractivity contribution in [1.29, 1.82) is 0 Å². The van der Waals surface area contributed by atoms with Gasteiger partial charge in [-0.05, 0) is 37.5 Å². The minimum Gasteiger partial charge on any atom is -0.496 e. The molecule has 4 nitrogen and oxygen atoms in total. The molecule has 1 aromatic rings. The van der Waals surface area contributed by atoms with Gasteiger partial charge in [0.1, 0.15) is 5.75 Å². The molecular formula is C18H28N2O2. The Kier molecular flexibility index (Phi) is 6.72. The summed E-state index contributed by atoms with van der Waals surface area (Å²) in [5.41, 5.74) is 1.69. The van der Waals surface area contributed by atoms with Crippen molar-refractivity contribution in [1.82, 2.24) is 10.6 Å². The van der Waals surface area contributed by atoms with Crippen LogP contribution in [0.3, 0.4) is 0 Å². The van der Waals surface area contributed by atoms with Gasteiger partial charge in [-0.1, -0.05) is 31.7 Å².